The number of likely N-dealkylation sites (N-methyl/N-ethyl adjacent to an activating group) is 2. The van der Waals surface area contributed by atoms with Crippen LogP contribution in [0.15, 0.2) is 12.4 Å². The van der Waals surface area contributed by atoms with Crippen LogP contribution < -0.4 is 5.32 Å². The van der Waals surface area contributed by atoms with E-state index < -0.39 is 0 Å². The van der Waals surface area contributed by atoms with Gasteiger partial charge in [-0.15, -0.1) is 0 Å². The number of nitrogens with one attached hydrogen (secondary N) is 1. The number of esters is 1. The zero-order valence-corrected chi connectivity index (χ0v) is 11.5. The molecule has 0 aliphatic carbocycles. The molecule has 0 aliphatic rings. The minimum absolute atomic E-state index is 0.216. The predicted octanol–water partition coefficient (Wildman–Crippen LogP) is 0.00300. The van der Waals surface area contributed by atoms with Crippen molar-refractivity contribution in [1.82, 2.24) is 19.8 Å². The molecule has 102 valence electrons. The Kier molecular flexibility index (Phi) is 5.80. The van der Waals surface area contributed by atoms with E-state index in [1.54, 1.807) is 13.2 Å². The second-order valence-corrected chi connectivity index (χ2v) is 4.24. The van der Waals surface area contributed by atoms with Crippen molar-refractivity contribution >= 4 is 5.97 Å². The molecule has 1 aromatic rings. The van der Waals surface area contributed by atoms with Crippen molar-refractivity contribution in [2.75, 3.05) is 27.2 Å². The largest absolute Gasteiger partial charge is 0.465 e. The Morgan fingerprint density at radius 3 is 2.89 bits per heavy atom. The van der Waals surface area contributed by atoms with Gasteiger partial charge in [0, 0.05) is 26.0 Å². The fraction of sp³-hybridized carbons (Fsp3) is 0.667. The van der Waals surface area contributed by atoms with Crippen LogP contribution in [-0.4, -0.2) is 53.7 Å². The molecule has 1 atom stereocenters. The number of imidazole rings is 1. The smallest absolute Gasteiger partial charge is 0.324 e. The number of hydrogen-bond acceptors (Lipinski definition) is 5. The third-order valence-electron chi connectivity index (χ3n) is 2.75. The van der Waals surface area contributed by atoms with Crippen LogP contribution in [0.2, 0.25) is 0 Å². The van der Waals surface area contributed by atoms with Gasteiger partial charge in [-0.1, -0.05) is 0 Å². The summed E-state index contributed by atoms with van der Waals surface area (Å²) in [5.41, 5.74) is 0. The summed E-state index contributed by atoms with van der Waals surface area (Å²) in [4.78, 5) is 17.9. The summed E-state index contributed by atoms with van der Waals surface area (Å²) in [6.45, 7) is 3.49. The molecular weight excluding hydrogens is 232 g/mol. The van der Waals surface area contributed by atoms with Crippen molar-refractivity contribution in [2.24, 2.45) is 7.05 Å². The van der Waals surface area contributed by atoms with Gasteiger partial charge in [0.15, 0.2) is 0 Å². The first kappa shape index (κ1) is 14.7. The van der Waals surface area contributed by atoms with Gasteiger partial charge in [-0.25, -0.2) is 4.98 Å². The number of nitrogens with zero attached hydrogens (tertiary/aromatic N) is 3. The second kappa shape index (κ2) is 7.13. The Bertz CT molecular complexity index is 378. The molecule has 0 fully saturated rings. The number of hydrogen-bond donors (Lipinski definition) is 1. The monoisotopic (exact) mass is 254 g/mol. The molecule has 1 rings (SSSR count). The lowest BCUT2D eigenvalue weighted by molar-refractivity contribution is -0.146. The molecule has 1 N–H and O–H groups in total. The zero-order valence-electron chi connectivity index (χ0n) is 11.5. The van der Waals surface area contributed by atoms with Crippen molar-refractivity contribution in [3.63, 3.8) is 0 Å². The summed E-state index contributed by atoms with van der Waals surface area (Å²) in [5, 5.41) is 2.97. The van der Waals surface area contributed by atoms with Gasteiger partial charge in [-0.2, -0.15) is 0 Å². The normalized spacial score (nSPS) is 12.7. The standard InChI is InChI=1S/C12H22N4O2/c1-5-18-12(17)10(13-2)8-15(3)9-11-14-6-7-16(11)4/h6-7,10,13H,5,8-9H2,1-4H3. The van der Waals surface area contributed by atoms with Crippen LogP contribution in [0.3, 0.4) is 0 Å². The molecule has 0 bridgehead atoms. The average Bonchev–Trinajstić information content (AvgIpc) is 2.72. The molecule has 0 amide bonds. The maximum Gasteiger partial charge on any atom is 0.324 e. The Hall–Kier alpha value is -1.40. The highest BCUT2D eigenvalue weighted by Crippen LogP contribution is 2.01. The molecule has 6 nitrogen and oxygen atoms in total. The first-order valence-electron chi connectivity index (χ1n) is 6.07. The third-order valence-corrected chi connectivity index (χ3v) is 2.75. The van der Waals surface area contributed by atoms with E-state index in [2.05, 4.69) is 10.3 Å². The molecule has 18 heavy (non-hydrogen) atoms. The maximum atomic E-state index is 11.6. The van der Waals surface area contributed by atoms with Crippen LogP contribution in [0.25, 0.3) is 0 Å². The number of carbonyl (C=O) groups is 1. The van der Waals surface area contributed by atoms with Crippen LogP contribution in [-0.2, 0) is 23.1 Å². The quantitative estimate of drug-likeness (QED) is 0.694. The minimum atomic E-state index is -0.310. The van der Waals surface area contributed by atoms with Gasteiger partial charge in [0.2, 0.25) is 0 Å². The summed E-state index contributed by atoms with van der Waals surface area (Å²) in [7, 11) is 5.67. The van der Waals surface area contributed by atoms with Gasteiger partial charge in [0.1, 0.15) is 11.9 Å². The van der Waals surface area contributed by atoms with Gasteiger partial charge in [-0.05, 0) is 21.0 Å². The van der Waals surface area contributed by atoms with E-state index in [-0.39, 0.29) is 12.0 Å². The molecule has 1 heterocycles. The van der Waals surface area contributed by atoms with E-state index in [0.29, 0.717) is 19.7 Å². The number of carbonyl (C=O) groups excluding carboxylic acids is 1. The first-order chi connectivity index (χ1) is 8.58. The number of aromatic nitrogens is 2. The van der Waals surface area contributed by atoms with Gasteiger partial charge < -0.3 is 14.6 Å². The number of ether oxygens (including phenoxy) is 1. The van der Waals surface area contributed by atoms with Gasteiger partial charge in [0.05, 0.1) is 13.2 Å². The maximum absolute atomic E-state index is 11.6. The fourth-order valence-electron chi connectivity index (χ4n) is 1.69. The van der Waals surface area contributed by atoms with Gasteiger partial charge >= 0.3 is 5.97 Å². The summed E-state index contributed by atoms with van der Waals surface area (Å²) in [5.74, 6) is 0.753. The first-order valence-corrected chi connectivity index (χ1v) is 6.07. The van der Waals surface area contributed by atoms with Crippen LogP contribution in [0.1, 0.15) is 12.7 Å². The summed E-state index contributed by atoms with van der Waals surface area (Å²) in [6, 6.07) is -0.310. The number of rotatable bonds is 7. The molecular formula is C12H22N4O2. The van der Waals surface area contributed by atoms with E-state index in [4.69, 9.17) is 4.74 Å². The SMILES string of the molecule is CCOC(=O)C(CN(C)Cc1nccn1C)NC. The van der Waals surface area contributed by atoms with E-state index in [9.17, 15) is 4.79 Å². The predicted molar refractivity (Wildman–Crippen MR) is 69.0 cm³/mol. The van der Waals surface area contributed by atoms with Gasteiger partial charge in [0.25, 0.3) is 0 Å². The highest BCUT2D eigenvalue weighted by molar-refractivity contribution is 5.76. The van der Waals surface area contributed by atoms with Crippen molar-refractivity contribution < 1.29 is 9.53 Å². The van der Waals surface area contributed by atoms with Crippen molar-refractivity contribution in [1.29, 1.82) is 0 Å². The lowest BCUT2D eigenvalue weighted by Gasteiger charge is -2.22. The van der Waals surface area contributed by atoms with Crippen LogP contribution in [0.4, 0.5) is 0 Å². The molecule has 0 saturated heterocycles. The highest BCUT2D eigenvalue weighted by atomic mass is 16.5. The Morgan fingerprint density at radius 1 is 1.67 bits per heavy atom. The third kappa shape index (κ3) is 4.12. The summed E-state index contributed by atoms with van der Waals surface area (Å²) < 4.78 is 6.97. The van der Waals surface area contributed by atoms with Crippen LogP contribution in [0, 0.1) is 0 Å². The lowest BCUT2D eigenvalue weighted by Crippen LogP contribution is -2.44. The highest BCUT2D eigenvalue weighted by Gasteiger charge is 2.19. The fourth-order valence-corrected chi connectivity index (χ4v) is 1.69. The van der Waals surface area contributed by atoms with Gasteiger partial charge in [-0.3, -0.25) is 9.69 Å². The van der Waals surface area contributed by atoms with Crippen LogP contribution >= 0.6 is 0 Å². The Morgan fingerprint density at radius 2 is 2.39 bits per heavy atom. The number of aryl methyl sites for hydroxylation is 1. The summed E-state index contributed by atoms with van der Waals surface area (Å²) >= 11 is 0. The molecule has 0 aromatic carbocycles. The molecule has 0 spiro atoms. The lowest BCUT2D eigenvalue weighted by atomic mass is 10.3. The Balaban J connectivity index is 2.49. The minimum Gasteiger partial charge on any atom is -0.465 e. The topological polar surface area (TPSA) is 59.4 Å². The molecule has 6 heteroatoms. The van der Waals surface area contributed by atoms with E-state index in [0.717, 1.165) is 5.82 Å². The summed E-state index contributed by atoms with van der Waals surface area (Å²) in [6.07, 6.45) is 3.67. The van der Waals surface area contributed by atoms with Crippen molar-refractivity contribution in [3.8, 4) is 0 Å². The second-order valence-electron chi connectivity index (χ2n) is 4.24. The van der Waals surface area contributed by atoms with Crippen molar-refractivity contribution in [2.45, 2.75) is 19.5 Å². The molecule has 0 aliphatic heterocycles. The zero-order chi connectivity index (χ0) is 13.5. The molecule has 1 unspecified atom stereocenters. The average molecular weight is 254 g/mol. The van der Waals surface area contributed by atoms with Crippen LogP contribution in [0.5, 0.6) is 0 Å². The van der Waals surface area contributed by atoms with E-state index in [1.165, 1.54) is 0 Å². The van der Waals surface area contributed by atoms with E-state index >= 15 is 0 Å². The van der Waals surface area contributed by atoms with E-state index in [1.807, 2.05) is 36.7 Å². The van der Waals surface area contributed by atoms with Crippen molar-refractivity contribution in [3.05, 3.63) is 18.2 Å². The molecule has 0 radical (unpaired) electrons. The Labute approximate surface area is 108 Å². The molecule has 0 saturated carbocycles. The molecule has 1 aromatic heterocycles.